The first kappa shape index (κ1) is 13.4. The Morgan fingerprint density at radius 3 is 2.90 bits per heavy atom. The predicted molar refractivity (Wildman–Crippen MR) is 90.1 cm³/mol. The molecule has 1 aliphatic carbocycles. The Morgan fingerprint density at radius 1 is 1.14 bits per heavy atom. The van der Waals surface area contributed by atoms with Crippen LogP contribution in [0.15, 0.2) is 30.3 Å². The van der Waals surface area contributed by atoms with Crippen molar-refractivity contribution in [2.45, 2.75) is 31.7 Å². The van der Waals surface area contributed by atoms with Crippen molar-refractivity contribution >= 4 is 32.8 Å². The largest absolute Gasteiger partial charge is 0.314 e. The van der Waals surface area contributed by atoms with Gasteiger partial charge in [-0.3, -0.25) is 0 Å². The molecule has 1 aliphatic rings. The average Bonchev–Trinajstić information content (AvgIpc) is 3.04. The SMILES string of the molecule is c1ccc2sc(-c3nnc(CCCNC4CC4)s3)cc2c1. The van der Waals surface area contributed by atoms with E-state index in [1.54, 1.807) is 22.7 Å². The van der Waals surface area contributed by atoms with Gasteiger partial charge in [-0.25, -0.2) is 0 Å². The Morgan fingerprint density at radius 2 is 2.05 bits per heavy atom. The van der Waals surface area contributed by atoms with Crippen molar-refractivity contribution in [2.75, 3.05) is 6.54 Å². The highest BCUT2D eigenvalue weighted by atomic mass is 32.1. The Kier molecular flexibility index (Phi) is 3.71. The number of fused-ring (bicyclic) bond motifs is 1. The van der Waals surface area contributed by atoms with E-state index in [1.165, 1.54) is 27.8 Å². The standard InChI is InChI=1S/C16H17N3S2/c1-2-5-13-11(4-1)10-14(20-13)16-19-18-15(21-16)6-3-9-17-12-7-8-12/h1-2,4-5,10,12,17H,3,6-9H2. The quantitative estimate of drug-likeness (QED) is 0.696. The van der Waals surface area contributed by atoms with Gasteiger partial charge >= 0.3 is 0 Å². The topological polar surface area (TPSA) is 37.8 Å². The molecule has 0 saturated heterocycles. The molecule has 1 saturated carbocycles. The van der Waals surface area contributed by atoms with Gasteiger partial charge in [0.1, 0.15) is 5.01 Å². The highest BCUT2D eigenvalue weighted by molar-refractivity contribution is 7.25. The number of benzene rings is 1. The molecule has 1 N–H and O–H groups in total. The molecule has 2 heterocycles. The second-order valence-electron chi connectivity index (χ2n) is 5.48. The zero-order chi connectivity index (χ0) is 14.1. The fourth-order valence-corrected chi connectivity index (χ4v) is 4.36. The summed E-state index contributed by atoms with van der Waals surface area (Å²) in [4.78, 5) is 1.23. The van der Waals surface area contributed by atoms with Gasteiger partial charge < -0.3 is 5.32 Å². The lowest BCUT2D eigenvalue weighted by Gasteiger charge is -1.99. The van der Waals surface area contributed by atoms with E-state index in [2.05, 4.69) is 45.8 Å². The van der Waals surface area contributed by atoms with E-state index in [9.17, 15) is 0 Å². The Balaban J connectivity index is 1.42. The monoisotopic (exact) mass is 315 g/mol. The van der Waals surface area contributed by atoms with Gasteiger partial charge in [-0.15, -0.1) is 21.5 Å². The van der Waals surface area contributed by atoms with Crippen LogP contribution in [0.2, 0.25) is 0 Å². The van der Waals surface area contributed by atoms with Gasteiger partial charge in [0.25, 0.3) is 0 Å². The van der Waals surface area contributed by atoms with Crippen LogP contribution in [0, 0.1) is 0 Å². The molecular weight excluding hydrogens is 298 g/mol. The van der Waals surface area contributed by atoms with E-state index in [0.717, 1.165) is 35.4 Å². The number of thiophene rings is 1. The lowest BCUT2D eigenvalue weighted by Crippen LogP contribution is -2.17. The molecule has 0 atom stereocenters. The highest BCUT2D eigenvalue weighted by Gasteiger charge is 2.19. The van der Waals surface area contributed by atoms with Gasteiger partial charge in [0.05, 0.1) is 4.88 Å². The van der Waals surface area contributed by atoms with Crippen molar-refractivity contribution in [2.24, 2.45) is 0 Å². The second kappa shape index (κ2) is 5.83. The minimum absolute atomic E-state index is 0.800. The molecule has 1 fully saturated rings. The number of hydrogen-bond donors (Lipinski definition) is 1. The number of nitrogens with one attached hydrogen (secondary N) is 1. The minimum Gasteiger partial charge on any atom is -0.314 e. The summed E-state index contributed by atoms with van der Waals surface area (Å²) in [6.07, 6.45) is 4.89. The van der Waals surface area contributed by atoms with E-state index in [4.69, 9.17) is 0 Å². The molecule has 3 nitrogen and oxygen atoms in total. The Bertz CT molecular complexity index is 710. The molecule has 0 radical (unpaired) electrons. The van der Waals surface area contributed by atoms with Gasteiger partial charge in [0.2, 0.25) is 0 Å². The molecule has 1 aromatic carbocycles. The molecule has 21 heavy (non-hydrogen) atoms. The van der Waals surface area contributed by atoms with E-state index in [0.29, 0.717) is 0 Å². The van der Waals surface area contributed by atoms with Crippen molar-refractivity contribution in [3.63, 3.8) is 0 Å². The van der Waals surface area contributed by atoms with Gasteiger partial charge in [-0.05, 0) is 43.3 Å². The maximum Gasteiger partial charge on any atom is 0.157 e. The zero-order valence-corrected chi connectivity index (χ0v) is 13.3. The first-order chi connectivity index (χ1) is 10.4. The van der Waals surface area contributed by atoms with Crippen molar-refractivity contribution in [1.82, 2.24) is 15.5 Å². The lowest BCUT2D eigenvalue weighted by atomic mass is 10.2. The summed E-state index contributed by atoms with van der Waals surface area (Å²) in [5.41, 5.74) is 0. The maximum atomic E-state index is 4.37. The van der Waals surface area contributed by atoms with Gasteiger partial charge in [0.15, 0.2) is 5.01 Å². The highest BCUT2D eigenvalue weighted by Crippen LogP contribution is 2.34. The number of aromatic nitrogens is 2. The number of nitrogens with zero attached hydrogens (tertiary/aromatic N) is 2. The summed E-state index contributed by atoms with van der Waals surface area (Å²) in [5.74, 6) is 0. The smallest absolute Gasteiger partial charge is 0.157 e. The maximum absolute atomic E-state index is 4.37. The molecule has 0 aliphatic heterocycles. The summed E-state index contributed by atoms with van der Waals surface area (Å²) < 4.78 is 1.32. The summed E-state index contributed by atoms with van der Waals surface area (Å²) >= 11 is 3.54. The molecule has 5 heteroatoms. The van der Waals surface area contributed by atoms with Crippen LogP contribution in [0.25, 0.3) is 20.0 Å². The molecule has 0 spiro atoms. The van der Waals surface area contributed by atoms with Crippen LogP contribution < -0.4 is 5.32 Å². The van der Waals surface area contributed by atoms with Crippen LogP contribution in [0.4, 0.5) is 0 Å². The third-order valence-corrected chi connectivity index (χ3v) is 5.95. The summed E-state index contributed by atoms with van der Waals surface area (Å²) in [5, 5.41) is 15.8. The number of hydrogen-bond acceptors (Lipinski definition) is 5. The van der Waals surface area contributed by atoms with Crippen LogP contribution in [0.1, 0.15) is 24.3 Å². The number of rotatable bonds is 6. The third-order valence-electron chi connectivity index (χ3n) is 3.68. The summed E-state index contributed by atoms with van der Waals surface area (Å²) in [7, 11) is 0. The Hall–Kier alpha value is -1.30. The molecule has 0 unspecified atom stereocenters. The molecule has 2 aromatic heterocycles. The Labute approximate surface area is 132 Å². The molecule has 4 rings (SSSR count). The van der Waals surface area contributed by atoms with Crippen LogP contribution >= 0.6 is 22.7 Å². The summed E-state index contributed by atoms with van der Waals surface area (Å²) in [6, 6.07) is 11.5. The van der Waals surface area contributed by atoms with E-state index in [1.807, 2.05) is 0 Å². The first-order valence-corrected chi connectivity index (χ1v) is 9.06. The second-order valence-corrected chi connectivity index (χ2v) is 7.63. The third kappa shape index (κ3) is 3.15. The first-order valence-electron chi connectivity index (χ1n) is 7.43. The van der Waals surface area contributed by atoms with E-state index >= 15 is 0 Å². The van der Waals surface area contributed by atoms with Gasteiger partial charge in [0, 0.05) is 17.2 Å². The number of aryl methyl sites for hydroxylation is 1. The molecular formula is C16H17N3S2. The van der Waals surface area contributed by atoms with Crippen LogP contribution in [-0.4, -0.2) is 22.8 Å². The lowest BCUT2D eigenvalue weighted by molar-refractivity contribution is 0.643. The van der Waals surface area contributed by atoms with Crippen molar-refractivity contribution in [3.05, 3.63) is 35.3 Å². The van der Waals surface area contributed by atoms with E-state index < -0.39 is 0 Å². The van der Waals surface area contributed by atoms with Crippen molar-refractivity contribution < 1.29 is 0 Å². The van der Waals surface area contributed by atoms with Crippen LogP contribution in [0.3, 0.4) is 0 Å². The minimum atomic E-state index is 0.800. The van der Waals surface area contributed by atoms with Crippen molar-refractivity contribution in [1.29, 1.82) is 0 Å². The fraction of sp³-hybridized carbons (Fsp3) is 0.375. The molecule has 3 aromatic rings. The molecule has 0 bridgehead atoms. The van der Waals surface area contributed by atoms with Crippen molar-refractivity contribution in [3.8, 4) is 9.88 Å². The van der Waals surface area contributed by atoms with Gasteiger partial charge in [-0.2, -0.15) is 0 Å². The molecule has 108 valence electrons. The predicted octanol–water partition coefficient (Wildman–Crippen LogP) is 4.10. The average molecular weight is 315 g/mol. The fourth-order valence-electron chi connectivity index (χ4n) is 2.37. The van der Waals surface area contributed by atoms with Gasteiger partial charge in [-0.1, -0.05) is 29.5 Å². The summed E-state index contributed by atoms with van der Waals surface area (Å²) in [6.45, 7) is 1.10. The van der Waals surface area contributed by atoms with Crippen LogP contribution in [0.5, 0.6) is 0 Å². The normalized spacial score (nSPS) is 14.9. The van der Waals surface area contributed by atoms with Crippen LogP contribution in [-0.2, 0) is 6.42 Å². The van der Waals surface area contributed by atoms with E-state index in [-0.39, 0.29) is 0 Å². The zero-order valence-electron chi connectivity index (χ0n) is 11.7. The molecule has 0 amide bonds.